The Morgan fingerprint density at radius 3 is 2.42 bits per heavy atom. The van der Waals surface area contributed by atoms with Crippen molar-refractivity contribution in [1.82, 2.24) is 14.2 Å². The van der Waals surface area contributed by atoms with Gasteiger partial charge >= 0.3 is 0 Å². The fourth-order valence-electron chi connectivity index (χ4n) is 3.88. The SMILES string of the molecule is O=C(CCN1CCN(c2ccc(S(=O)(=O)N3CCOCC3)cn2)CC1)Nc1ccccc1F. The monoisotopic (exact) mass is 477 g/mol. The first-order valence-electron chi connectivity index (χ1n) is 11.0. The molecule has 0 radical (unpaired) electrons. The highest BCUT2D eigenvalue weighted by Crippen LogP contribution is 2.20. The summed E-state index contributed by atoms with van der Waals surface area (Å²) in [5, 5.41) is 2.60. The average molecular weight is 478 g/mol. The highest BCUT2D eigenvalue weighted by atomic mass is 32.2. The number of carbonyl (C=O) groups excluding carboxylic acids is 1. The van der Waals surface area contributed by atoms with E-state index in [0.29, 0.717) is 32.8 Å². The van der Waals surface area contributed by atoms with Crippen molar-refractivity contribution < 1.29 is 22.3 Å². The van der Waals surface area contributed by atoms with Gasteiger partial charge in [-0.2, -0.15) is 4.31 Å². The lowest BCUT2D eigenvalue weighted by atomic mass is 10.2. The van der Waals surface area contributed by atoms with Crippen LogP contribution in [0.15, 0.2) is 47.5 Å². The number of piperazine rings is 1. The first-order chi connectivity index (χ1) is 15.9. The number of sulfonamides is 1. The van der Waals surface area contributed by atoms with Crippen LogP contribution in [0, 0.1) is 5.82 Å². The van der Waals surface area contributed by atoms with Gasteiger partial charge in [0.1, 0.15) is 16.5 Å². The van der Waals surface area contributed by atoms with Crippen LogP contribution >= 0.6 is 0 Å². The van der Waals surface area contributed by atoms with Crippen LogP contribution in [0.1, 0.15) is 6.42 Å². The molecule has 1 amide bonds. The van der Waals surface area contributed by atoms with Gasteiger partial charge in [0.05, 0.1) is 18.9 Å². The Hall–Kier alpha value is -2.60. The maximum atomic E-state index is 13.7. The Bertz CT molecular complexity index is 1050. The van der Waals surface area contributed by atoms with Crippen LogP contribution in [-0.4, -0.2) is 87.5 Å². The number of benzene rings is 1. The van der Waals surface area contributed by atoms with Gasteiger partial charge in [-0.1, -0.05) is 12.1 Å². The van der Waals surface area contributed by atoms with Crippen molar-refractivity contribution in [1.29, 1.82) is 0 Å². The molecule has 9 nitrogen and oxygen atoms in total. The van der Waals surface area contributed by atoms with Crippen molar-refractivity contribution >= 4 is 27.4 Å². The number of hydrogen-bond acceptors (Lipinski definition) is 7. The minimum atomic E-state index is -3.56. The van der Waals surface area contributed by atoms with Gasteiger partial charge in [-0.05, 0) is 24.3 Å². The molecule has 1 N–H and O–H groups in total. The van der Waals surface area contributed by atoms with E-state index in [0.717, 1.165) is 32.0 Å². The Morgan fingerprint density at radius 1 is 1.03 bits per heavy atom. The van der Waals surface area contributed by atoms with E-state index >= 15 is 0 Å². The highest BCUT2D eigenvalue weighted by Gasteiger charge is 2.27. The van der Waals surface area contributed by atoms with Gasteiger partial charge in [-0.15, -0.1) is 0 Å². The molecule has 11 heteroatoms. The topological polar surface area (TPSA) is 95.1 Å². The minimum absolute atomic E-state index is 0.188. The number of amides is 1. The average Bonchev–Trinajstić information content (AvgIpc) is 2.85. The summed E-state index contributed by atoms with van der Waals surface area (Å²) in [5.41, 5.74) is 0.192. The zero-order valence-corrected chi connectivity index (χ0v) is 19.1. The number of anilines is 2. The van der Waals surface area contributed by atoms with Gasteiger partial charge in [0, 0.05) is 58.4 Å². The van der Waals surface area contributed by atoms with Crippen molar-refractivity contribution in [3.8, 4) is 0 Å². The Morgan fingerprint density at radius 2 is 1.76 bits per heavy atom. The van der Waals surface area contributed by atoms with Crippen molar-refractivity contribution in [3.05, 3.63) is 48.4 Å². The summed E-state index contributed by atoms with van der Waals surface area (Å²) in [6, 6.07) is 9.45. The predicted octanol–water partition coefficient (Wildman–Crippen LogP) is 1.39. The van der Waals surface area contributed by atoms with Gasteiger partial charge in [0.25, 0.3) is 0 Å². The quantitative estimate of drug-likeness (QED) is 0.644. The van der Waals surface area contributed by atoms with Gasteiger partial charge in [0.15, 0.2) is 0 Å². The second kappa shape index (κ2) is 10.6. The van der Waals surface area contributed by atoms with Crippen LogP contribution in [0.25, 0.3) is 0 Å². The fourth-order valence-corrected chi connectivity index (χ4v) is 5.24. The van der Waals surface area contributed by atoms with E-state index in [2.05, 4.69) is 20.1 Å². The standard InChI is InChI=1S/C22H28FN5O4S/c23-19-3-1-2-4-20(19)25-22(29)7-8-26-9-11-27(12-10-26)21-6-5-18(17-24-21)33(30,31)28-13-15-32-16-14-28/h1-6,17H,7-16H2,(H,25,29). The van der Waals surface area contributed by atoms with E-state index in [9.17, 15) is 17.6 Å². The summed E-state index contributed by atoms with van der Waals surface area (Å²) in [5.74, 6) is 0.0601. The van der Waals surface area contributed by atoms with Crippen LogP contribution in [-0.2, 0) is 19.6 Å². The lowest BCUT2D eigenvalue weighted by Gasteiger charge is -2.35. The predicted molar refractivity (Wildman–Crippen MR) is 122 cm³/mol. The molecule has 33 heavy (non-hydrogen) atoms. The van der Waals surface area contributed by atoms with Gasteiger partial charge < -0.3 is 15.0 Å². The van der Waals surface area contributed by atoms with Crippen molar-refractivity contribution in [3.63, 3.8) is 0 Å². The van der Waals surface area contributed by atoms with Crippen LogP contribution < -0.4 is 10.2 Å². The lowest BCUT2D eigenvalue weighted by Crippen LogP contribution is -2.47. The van der Waals surface area contributed by atoms with Crippen LogP contribution in [0.4, 0.5) is 15.9 Å². The largest absolute Gasteiger partial charge is 0.379 e. The van der Waals surface area contributed by atoms with E-state index in [-0.39, 0.29) is 22.9 Å². The lowest BCUT2D eigenvalue weighted by molar-refractivity contribution is -0.116. The molecular formula is C22H28FN5O4S. The van der Waals surface area contributed by atoms with E-state index in [4.69, 9.17) is 4.74 Å². The summed E-state index contributed by atoms with van der Waals surface area (Å²) in [7, 11) is -3.56. The smallest absolute Gasteiger partial charge is 0.244 e. The molecule has 1 aromatic heterocycles. The summed E-state index contributed by atoms with van der Waals surface area (Å²) < 4.78 is 45.8. The summed E-state index contributed by atoms with van der Waals surface area (Å²) >= 11 is 0. The molecule has 0 aliphatic carbocycles. The van der Waals surface area contributed by atoms with E-state index in [1.807, 2.05) is 0 Å². The molecule has 2 fully saturated rings. The molecule has 2 aliphatic heterocycles. The molecule has 2 aliphatic rings. The molecule has 1 aromatic carbocycles. The van der Waals surface area contributed by atoms with Crippen LogP contribution in [0.3, 0.4) is 0 Å². The van der Waals surface area contributed by atoms with E-state index < -0.39 is 15.8 Å². The number of morpholine rings is 1. The molecule has 0 unspecified atom stereocenters. The second-order valence-electron chi connectivity index (χ2n) is 7.98. The van der Waals surface area contributed by atoms with Gasteiger partial charge in [-0.3, -0.25) is 9.69 Å². The van der Waals surface area contributed by atoms with Gasteiger partial charge in [0.2, 0.25) is 15.9 Å². The third kappa shape index (κ3) is 5.85. The molecule has 178 valence electrons. The summed E-state index contributed by atoms with van der Waals surface area (Å²) in [6.07, 6.45) is 1.69. The maximum Gasteiger partial charge on any atom is 0.244 e. The number of carbonyl (C=O) groups is 1. The third-order valence-corrected chi connectivity index (χ3v) is 7.71. The first kappa shape index (κ1) is 23.6. The second-order valence-corrected chi connectivity index (χ2v) is 9.91. The zero-order chi connectivity index (χ0) is 23.3. The fraction of sp³-hybridized carbons (Fsp3) is 0.455. The van der Waals surface area contributed by atoms with Crippen LogP contribution in [0.2, 0.25) is 0 Å². The molecule has 2 saturated heterocycles. The molecule has 2 aromatic rings. The molecule has 4 rings (SSSR count). The zero-order valence-electron chi connectivity index (χ0n) is 18.3. The molecule has 3 heterocycles. The van der Waals surface area contributed by atoms with Crippen molar-refractivity contribution in [2.45, 2.75) is 11.3 Å². The van der Waals surface area contributed by atoms with Crippen LogP contribution in [0.5, 0.6) is 0 Å². The van der Waals surface area contributed by atoms with E-state index in [1.165, 1.54) is 22.6 Å². The number of hydrogen-bond donors (Lipinski definition) is 1. The number of rotatable bonds is 7. The third-order valence-electron chi connectivity index (χ3n) is 5.83. The molecule has 0 saturated carbocycles. The number of pyridine rings is 1. The van der Waals surface area contributed by atoms with Crippen molar-refractivity contribution in [2.75, 3.05) is 69.2 Å². The summed E-state index contributed by atoms with van der Waals surface area (Å²) in [4.78, 5) is 21.0. The van der Waals surface area contributed by atoms with E-state index in [1.54, 1.807) is 24.3 Å². The van der Waals surface area contributed by atoms with Gasteiger partial charge in [-0.25, -0.2) is 17.8 Å². The maximum absolute atomic E-state index is 13.7. The number of aromatic nitrogens is 1. The number of para-hydroxylation sites is 1. The number of halogens is 1. The number of ether oxygens (including phenoxy) is 1. The molecular weight excluding hydrogens is 449 g/mol. The molecule has 0 bridgehead atoms. The Labute approximate surface area is 193 Å². The van der Waals surface area contributed by atoms with Crippen molar-refractivity contribution in [2.24, 2.45) is 0 Å². The number of nitrogens with one attached hydrogen (secondary N) is 1. The normalized spacial score (nSPS) is 18.3. The molecule has 0 atom stereocenters. The first-order valence-corrected chi connectivity index (χ1v) is 12.4. The minimum Gasteiger partial charge on any atom is -0.379 e. The summed E-state index contributed by atoms with van der Waals surface area (Å²) in [6.45, 7) is 5.03. The Kier molecular flexibility index (Phi) is 7.53. The number of nitrogens with zero attached hydrogens (tertiary/aromatic N) is 4. The molecule has 0 spiro atoms. The Balaban J connectivity index is 1.25. The highest BCUT2D eigenvalue weighted by molar-refractivity contribution is 7.89.